The van der Waals surface area contributed by atoms with Crippen molar-refractivity contribution in [2.45, 2.75) is 38.3 Å². The highest BCUT2D eigenvalue weighted by molar-refractivity contribution is 6.03. The second-order valence-corrected chi connectivity index (χ2v) is 7.31. The van der Waals surface area contributed by atoms with Gasteiger partial charge in [0.15, 0.2) is 0 Å². The summed E-state index contributed by atoms with van der Waals surface area (Å²) < 4.78 is 20.6. The highest BCUT2D eigenvalue weighted by atomic mass is 19.1. The molecule has 0 radical (unpaired) electrons. The standard InChI is InChI=1S/C20H23FN4O3/c21-15-4-6-17(7-5-15)25-11-14(9-19(25)26)20(27)23-16-10-22-24(12-16)13-18-3-1-2-8-28-18/h4-7,10,12,14,18H,1-3,8-9,11,13H2,(H,23,27)/t14-,18+/m0/s1. The Kier molecular flexibility index (Phi) is 5.38. The van der Waals surface area contributed by atoms with Crippen LogP contribution >= 0.6 is 0 Å². The predicted molar refractivity (Wildman–Crippen MR) is 101 cm³/mol. The quantitative estimate of drug-likeness (QED) is 0.857. The Labute approximate surface area is 162 Å². The van der Waals surface area contributed by atoms with Crippen molar-refractivity contribution in [3.8, 4) is 0 Å². The summed E-state index contributed by atoms with van der Waals surface area (Å²) in [4.78, 5) is 26.4. The van der Waals surface area contributed by atoms with Crippen LogP contribution in [-0.4, -0.2) is 40.9 Å². The van der Waals surface area contributed by atoms with Crippen LogP contribution in [0.5, 0.6) is 0 Å². The van der Waals surface area contributed by atoms with Gasteiger partial charge in [0, 0.05) is 31.5 Å². The van der Waals surface area contributed by atoms with Crippen molar-refractivity contribution >= 4 is 23.2 Å². The van der Waals surface area contributed by atoms with Gasteiger partial charge in [-0.3, -0.25) is 14.3 Å². The van der Waals surface area contributed by atoms with E-state index >= 15 is 0 Å². The zero-order valence-corrected chi connectivity index (χ0v) is 15.5. The zero-order chi connectivity index (χ0) is 19.5. The number of rotatable bonds is 5. The number of halogens is 1. The highest BCUT2D eigenvalue weighted by Crippen LogP contribution is 2.26. The molecule has 0 aliphatic carbocycles. The summed E-state index contributed by atoms with van der Waals surface area (Å²) in [5.74, 6) is -1.17. The third-order valence-electron chi connectivity index (χ3n) is 5.20. The van der Waals surface area contributed by atoms with Gasteiger partial charge in [-0.2, -0.15) is 5.10 Å². The molecular formula is C20H23FN4O3. The van der Waals surface area contributed by atoms with Crippen molar-refractivity contribution in [3.63, 3.8) is 0 Å². The summed E-state index contributed by atoms with van der Waals surface area (Å²) in [5, 5.41) is 7.13. The fraction of sp³-hybridized carbons (Fsp3) is 0.450. The number of ether oxygens (including phenoxy) is 1. The van der Waals surface area contributed by atoms with E-state index in [0.29, 0.717) is 17.9 Å². The number of nitrogens with zero attached hydrogens (tertiary/aromatic N) is 3. The van der Waals surface area contributed by atoms with Crippen LogP contribution in [0, 0.1) is 11.7 Å². The van der Waals surface area contributed by atoms with Crippen molar-refractivity contribution in [2.24, 2.45) is 5.92 Å². The summed E-state index contributed by atoms with van der Waals surface area (Å²) in [6.07, 6.45) is 6.97. The van der Waals surface area contributed by atoms with E-state index in [-0.39, 0.29) is 36.7 Å². The summed E-state index contributed by atoms with van der Waals surface area (Å²) in [6, 6.07) is 5.70. The molecule has 0 unspecified atom stereocenters. The van der Waals surface area contributed by atoms with E-state index in [1.165, 1.54) is 17.0 Å². The van der Waals surface area contributed by atoms with Gasteiger partial charge in [0.25, 0.3) is 0 Å². The average molecular weight is 386 g/mol. The zero-order valence-electron chi connectivity index (χ0n) is 15.5. The van der Waals surface area contributed by atoms with Crippen LogP contribution in [0.4, 0.5) is 15.8 Å². The minimum Gasteiger partial charge on any atom is -0.376 e. The Bertz CT molecular complexity index is 845. The minimum absolute atomic E-state index is 0.132. The van der Waals surface area contributed by atoms with Crippen LogP contribution in [0.2, 0.25) is 0 Å². The molecule has 2 saturated heterocycles. The smallest absolute Gasteiger partial charge is 0.229 e. The first-order chi connectivity index (χ1) is 13.6. The molecular weight excluding hydrogens is 363 g/mol. The number of anilines is 2. The second-order valence-electron chi connectivity index (χ2n) is 7.31. The fourth-order valence-corrected chi connectivity index (χ4v) is 3.69. The molecule has 0 bridgehead atoms. The van der Waals surface area contributed by atoms with Gasteiger partial charge in [-0.25, -0.2) is 4.39 Å². The Morgan fingerprint density at radius 2 is 2.11 bits per heavy atom. The number of hydrogen-bond acceptors (Lipinski definition) is 4. The van der Waals surface area contributed by atoms with E-state index in [2.05, 4.69) is 10.4 Å². The molecule has 2 aliphatic rings. The van der Waals surface area contributed by atoms with Crippen molar-refractivity contribution in [3.05, 3.63) is 42.5 Å². The van der Waals surface area contributed by atoms with Crippen LogP contribution in [0.3, 0.4) is 0 Å². The van der Waals surface area contributed by atoms with Crippen molar-refractivity contribution < 1.29 is 18.7 Å². The lowest BCUT2D eigenvalue weighted by atomic mass is 10.1. The van der Waals surface area contributed by atoms with E-state index < -0.39 is 5.92 Å². The second kappa shape index (κ2) is 8.10. The number of carbonyl (C=O) groups is 2. The molecule has 2 fully saturated rings. The number of hydrogen-bond donors (Lipinski definition) is 1. The van der Waals surface area contributed by atoms with Gasteiger partial charge in [0.2, 0.25) is 11.8 Å². The molecule has 148 valence electrons. The molecule has 0 spiro atoms. The molecule has 2 aliphatic heterocycles. The molecule has 2 aromatic rings. The van der Waals surface area contributed by atoms with Crippen molar-refractivity contribution in [1.29, 1.82) is 0 Å². The molecule has 0 saturated carbocycles. The van der Waals surface area contributed by atoms with Gasteiger partial charge in [-0.1, -0.05) is 0 Å². The maximum atomic E-state index is 13.1. The van der Waals surface area contributed by atoms with Gasteiger partial charge in [0.1, 0.15) is 5.82 Å². The van der Waals surface area contributed by atoms with Gasteiger partial charge >= 0.3 is 0 Å². The third-order valence-corrected chi connectivity index (χ3v) is 5.20. The maximum absolute atomic E-state index is 13.1. The third kappa shape index (κ3) is 4.22. The first-order valence-corrected chi connectivity index (χ1v) is 9.59. The van der Waals surface area contributed by atoms with Crippen LogP contribution in [0.1, 0.15) is 25.7 Å². The Morgan fingerprint density at radius 3 is 2.86 bits per heavy atom. The lowest BCUT2D eigenvalue weighted by Crippen LogP contribution is -2.28. The summed E-state index contributed by atoms with van der Waals surface area (Å²) in [7, 11) is 0. The lowest BCUT2D eigenvalue weighted by Gasteiger charge is -2.22. The van der Waals surface area contributed by atoms with Crippen molar-refractivity contribution in [2.75, 3.05) is 23.4 Å². The molecule has 3 heterocycles. The Morgan fingerprint density at radius 1 is 1.29 bits per heavy atom. The van der Waals surface area contributed by atoms with Crippen LogP contribution in [-0.2, 0) is 20.9 Å². The Hall–Kier alpha value is -2.74. The molecule has 28 heavy (non-hydrogen) atoms. The molecule has 4 rings (SSSR count). The van der Waals surface area contributed by atoms with Crippen LogP contribution in [0.25, 0.3) is 0 Å². The average Bonchev–Trinajstić information content (AvgIpc) is 3.30. The first kappa shape index (κ1) is 18.6. The van der Waals surface area contributed by atoms with Gasteiger partial charge in [-0.15, -0.1) is 0 Å². The summed E-state index contributed by atoms with van der Waals surface area (Å²) in [5.41, 5.74) is 1.20. The van der Waals surface area contributed by atoms with Gasteiger partial charge in [-0.05, 0) is 43.5 Å². The fourth-order valence-electron chi connectivity index (χ4n) is 3.69. The molecule has 2 amide bonds. The molecule has 1 aromatic carbocycles. The molecule has 1 aromatic heterocycles. The van der Waals surface area contributed by atoms with Crippen LogP contribution in [0.15, 0.2) is 36.7 Å². The SMILES string of the molecule is O=C(Nc1cnn(C[C@H]2CCCCO2)c1)[C@H]1CC(=O)N(c2ccc(F)cc2)C1. The molecule has 8 heteroatoms. The predicted octanol–water partition coefficient (Wildman–Crippen LogP) is 2.58. The molecule has 2 atom stereocenters. The summed E-state index contributed by atoms with van der Waals surface area (Å²) >= 11 is 0. The molecule has 7 nitrogen and oxygen atoms in total. The van der Waals surface area contributed by atoms with Gasteiger partial charge in [0.05, 0.1) is 30.5 Å². The van der Waals surface area contributed by atoms with E-state index in [1.54, 1.807) is 29.2 Å². The monoisotopic (exact) mass is 386 g/mol. The largest absolute Gasteiger partial charge is 0.376 e. The van der Waals surface area contributed by atoms with Crippen LogP contribution < -0.4 is 10.2 Å². The van der Waals surface area contributed by atoms with Gasteiger partial charge < -0.3 is 15.0 Å². The highest BCUT2D eigenvalue weighted by Gasteiger charge is 2.35. The normalized spacial score (nSPS) is 22.5. The van der Waals surface area contributed by atoms with Crippen molar-refractivity contribution in [1.82, 2.24) is 9.78 Å². The van der Waals surface area contributed by atoms with E-state index in [0.717, 1.165) is 25.9 Å². The maximum Gasteiger partial charge on any atom is 0.229 e. The van der Waals surface area contributed by atoms with E-state index in [1.807, 2.05) is 0 Å². The number of nitrogens with one attached hydrogen (secondary N) is 1. The van der Waals surface area contributed by atoms with E-state index in [9.17, 15) is 14.0 Å². The topological polar surface area (TPSA) is 76.5 Å². The molecule has 1 N–H and O–H groups in total. The summed E-state index contributed by atoms with van der Waals surface area (Å²) in [6.45, 7) is 1.73. The minimum atomic E-state index is -0.456. The number of benzene rings is 1. The first-order valence-electron chi connectivity index (χ1n) is 9.59. The number of amides is 2. The number of carbonyl (C=O) groups excluding carboxylic acids is 2. The van der Waals surface area contributed by atoms with E-state index in [4.69, 9.17) is 4.74 Å². The Balaban J connectivity index is 1.34. The lowest BCUT2D eigenvalue weighted by molar-refractivity contribution is -0.122. The number of aromatic nitrogens is 2.